The maximum atomic E-state index is 12.8. The number of carbonyl (C=O) groups excluding carboxylic acids is 2. The molecule has 0 aromatic carbocycles. The second kappa shape index (κ2) is 8.71. The van der Waals surface area contributed by atoms with Crippen LogP contribution < -0.4 is 0 Å². The summed E-state index contributed by atoms with van der Waals surface area (Å²) in [6, 6.07) is 0. The largest absolute Gasteiger partial charge is 0.464 e. The van der Waals surface area contributed by atoms with E-state index >= 15 is 0 Å². The molecule has 4 aliphatic carbocycles. The van der Waals surface area contributed by atoms with Crippen LogP contribution in [0.2, 0.25) is 0 Å². The van der Waals surface area contributed by atoms with E-state index in [1.165, 1.54) is 11.1 Å². The van der Waals surface area contributed by atoms with Crippen molar-refractivity contribution >= 4 is 12.3 Å². The molecule has 0 aliphatic heterocycles. The summed E-state index contributed by atoms with van der Waals surface area (Å²) in [5.74, 6) is 0.937. The third-order valence-electron chi connectivity index (χ3n) is 11.2. The van der Waals surface area contributed by atoms with Crippen LogP contribution in [0.5, 0.6) is 0 Å². The minimum Gasteiger partial charge on any atom is -0.464 e. The Morgan fingerprint density at radius 3 is 2.51 bits per heavy atom. The van der Waals surface area contributed by atoms with Gasteiger partial charge in [0.15, 0.2) is 0 Å². The number of ketones is 1. The van der Waals surface area contributed by atoms with Gasteiger partial charge in [0.1, 0.15) is 11.9 Å². The number of hydrogen-bond donors (Lipinski definition) is 1. The highest BCUT2D eigenvalue weighted by molar-refractivity contribution is 5.86. The number of carbonyl (C=O) groups is 2. The average molecular weight is 483 g/mol. The van der Waals surface area contributed by atoms with Crippen molar-refractivity contribution in [2.24, 2.45) is 39.4 Å². The Balaban J connectivity index is 1.71. The Bertz CT molecular complexity index is 970. The molecule has 4 aliphatic rings. The van der Waals surface area contributed by atoms with E-state index in [0.717, 1.165) is 31.3 Å². The second-order valence-electron chi connectivity index (χ2n) is 13.5. The molecule has 4 nitrogen and oxygen atoms in total. The standard InChI is InChI=1S/C31H46O4/c1-19(2)20(3)9-11-24(35-18-32)27-23(33)17-31(8)22-10-12-25-28(4,5)26(34)14-15-29(25,6)21(22)13-16-30(27,31)7/h10,13,18-19,23-25,27,33H,3,9,11-12,14-17H2,1-2,4-8H3/t23-,24-,25+,27-,29-,30-,31+/m1/s1. The fourth-order valence-electron chi connectivity index (χ4n) is 8.60. The topological polar surface area (TPSA) is 63.6 Å². The van der Waals surface area contributed by atoms with Crippen LogP contribution in [0.3, 0.4) is 0 Å². The quantitative estimate of drug-likeness (QED) is 0.329. The highest BCUT2D eigenvalue weighted by Crippen LogP contribution is 2.71. The Morgan fingerprint density at radius 2 is 1.89 bits per heavy atom. The summed E-state index contributed by atoms with van der Waals surface area (Å²) >= 11 is 0. The molecule has 0 saturated heterocycles. The maximum absolute atomic E-state index is 12.8. The Hall–Kier alpha value is -1.68. The number of rotatable bonds is 7. The Labute approximate surface area is 212 Å². The molecule has 2 fully saturated rings. The Morgan fingerprint density at radius 1 is 1.20 bits per heavy atom. The van der Waals surface area contributed by atoms with E-state index in [-0.39, 0.29) is 33.7 Å². The minimum absolute atomic E-state index is 0.0252. The SMILES string of the molecule is C=C(CC[C@@H](OC=O)[C@H]1[C@H](O)C[C@@]2(C)C3=CC[C@H]4C(C)(C)C(=O)CC[C@]4(C)C3=CC[C@]12C)C(C)C. The molecule has 2 saturated carbocycles. The van der Waals surface area contributed by atoms with E-state index in [1.54, 1.807) is 0 Å². The molecule has 4 rings (SSSR count). The first-order valence-electron chi connectivity index (χ1n) is 13.6. The number of aliphatic hydroxyl groups is 1. The zero-order valence-electron chi connectivity index (χ0n) is 22.9. The predicted molar refractivity (Wildman–Crippen MR) is 139 cm³/mol. The summed E-state index contributed by atoms with van der Waals surface area (Å²) < 4.78 is 5.71. The summed E-state index contributed by atoms with van der Waals surface area (Å²) in [5.41, 5.74) is 3.15. The van der Waals surface area contributed by atoms with Gasteiger partial charge in [0.25, 0.3) is 6.47 Å². The van der Waals surface area contributed by atoms with E-state index in [1.807, 2.05) is 0 Å². The summed E-state index contributed by atoms with van der Waals surface area (Å²) in [6.07, 6.45) is 9.37. The summed E-state index contributed by atoms with van der Waals surface area (Å²) in [7, 11) is 0. The van der Waals surface area contributed by atoms with Crippen molar-refractivity contribution in [2.75, 3.05) is 0 Å². The highest BCUT2D eigenvalue weighted by atomic mass is 16.5. The molecule has 4 heteroatoms. The van der Waals surface area contributed by atoms with Crippen molar-refractivity contribution in [3.8, 4) is 0 Å². The van der Waals surface area contributed by atoms with Crippen molar-refractivity contribution in [3.05, 3.63) is 35.5 Å². The monoisotopic (exact) mass is 482 g/mol. The van der Waals surface area contributed by atoms with Gasteiger partial charge in [0, 0.05) is 23.2 Å². The zero-order chi connectivity index (χ0) is 26.0. The van der Waals surface area contributed by atoms with Gasteiger partial charge in [-0.15, -0.1) is 0 Å². The van der Waals surface area contributed by atoms with Gasteiger partial charge in [-0.1, -0.05) is 72.8 Å². The lowest BCUT2D eigenvalue weighted by Gasteiger charge is -2.59. The van der Waals surface area contributed by atoms with Crippen LogP contribution in [0.4, 0.5) is 0 Å². The summed E-state index contributed by atoms with van der Waals surface area (Å²) in [4.78, 5) is 24.4. The number of aliphatic hydroxyl groups excluding tert-OH is 1. The summed E-state index contributed by atoms with van der Waals surface area (Å²) in [6.45, 7) is 20.3. The molecule has 1 N–H and O–H groups in total. The number of fused-ring (bicyclic) bond motifs is 5. The third-order valence-corrected chi connectivity index (χ3v) is 11.2. The number of hydrogen-bond acceptors (Lipinski definition) is 4. The highest BCUT2D eigenvalue weighted by Gasteiger charge is 2.66. The smallest absolute Gasteiger partial charge is 0.293 e. The van der Waals surface area contributed by atoms with Crippen LogP contribution in [0.1, 0.15) is 93.4 Å². The molecule has 194 valence electrons. The van der Waals surface area contributed by atoms with Gasteiger partial charge < -0.3 is 9.84 Å². The Kier molecular flexibility index (Phi) is 6.57. The van der Waals surface area contributed by atoms with Gasteiger partial charge in [-0.2, -0.15) is 0 Å². The lowest BCUT2D eigenvalue weighted by molar-refractivity contribution is -0.143. The molecule has 0 heterocycles. The molecule has 0 spiro atoms. The minimum atomic E-state index is -0.536. The van der Waals surface area contributed by atoms with Crippen molar-refractivity contribution in [2.45, 2.75) is 106 Å². The van der Waals surface area contributed by atoms with Crippen molar-refractivity contribution < 1.29 is 19.4 Å². The van der Waals surface area contributed by atoms with Gasteiger partial charge in [0.05, 0.1) is 6.10 Å². The molecule has 35 heavy (non-hydrogen) atoms. The molecule has 0 amide bonds. The fourth-order valence-corrected chi connectivity index (χ4v) is 8.60. The van der Waals surface area contributed by atoms with Crippen LogP contribution in [0, 0.1) is 39.4 Å². The predicted octanol–water partition coefficient (Wildman–Crippen LogP) is 6.59. The lowest BCUT2D eigenvalue weighted by atomic mass is 9.44. The molecule has 7 atom stereocenters. The van der Waals surface area contributed by atoms with E-state index < -0.39 is 6.10 Å². The van der Waals surface area contributed by atoms with Gasteiger partial charge in [-0.3, -0.25) is 9.59 Å². The van der Waals surface area contributed by atoms with Gasteiger partial charge in [0.2, 0.25) is 0 Å². The molecule has 0 bridgehead atoms. The lowest BCUT2D eigenvalue weighted by Crippen LogP contribution is -2.53. The van der Waals surface area contributed by atoms with Gasteiger partial charge in [-0.05, 0) is 72.3 Å². The van der Waals surface area contributed by atoms with Gasteiger partial charge in [-0.25, -0.2) is 0 Å². The molecular formula is C31H46O4. The van der Waals surface area contributed by atoms with Crippen molar-refractivity contribution in [3.63, 3.8) is 0 Å². The summed E-state index contributed by atoms with van der Waals surface area (Å²) in [5, 5.41) is 11.5. The normalized spacial score (nSPS) is 40.7. The van der Waals surface area contributed by atoms with E-state index in [4.69, 9.17) is 4.74 Å². The van der Waals surface area contributed by atoms with Crippen LogP contribution >= 0.6 is 0 Å². The van der Waals surface area contributed by atoms with E-state index in [0.29, 0.717) is 43.4 Å². The van der Waals surface area contributed by atoms with Crippen LogP contribution in [-0.4, -0.2) is 29.6 Å². The first-order valence-corrected chi connectivity index (χ1v) is 13.6. The number of ether oxygens (including phenoxy) is 1. The third kappa shape index (κ3) is 3.72. The van der Waals surface area contributed by atoms with Crippen LogP contribution in [0.25, 0.3) is 0 Å². The molecule has 0 aromatic heterocycles. The van der Waals surface area contributed by atoms with Gasteiger partial charge >= 0.3 is 0 Å². The van der Waals surface area contributed by atoms with Crippen molar-refractivity contribution in [1.82, 2.24) is 0 Å². The van der Waals surface area contributed by atoms with E-state index in [2.05, 4.69) is 67.2 Å². The number of Topliss-reactive ketones (excluding diaryl/α,β-unsaturated/α-hetero) is 1. The first kappa shape index (κ1) is 26.4. The molecular weight excluding hydrogens is 436 g/mol. The second-order valence-corrected chi connectivity index (χ2v) is 13.5. The van der Waals surface area contributed by atoms with Crippen LogP contribution in [0.15, 0.2) is 35.5 Å². The maximum Gasteiger partial charge on any atom is 0.293 e. The number of allylic oxidation sites excluding steroid dienone is 5. The zero-order valence-corrected chi connectivity index (χ0v) is 22.9. The van der Waals surface area contributed by atoms with Crippen LogP contribution in [-0.2, 0) is 14.3 Å². The molecule has 0 aromatic rings. The molecule has 0 radical (unpaired) electrons. The first-order chi connectivity index (χ1) is 16.2. The van der Waals surface area contributed by atoms with E-state index in [9.17, 15) is 14.7 Å². The fraction of sp³-hybridized carbons (Fsp3) is 0.742. The molecule has 0 unspecified atom stereocenters. The van der Waals surface area contributed by atoms with Crippen molar-refractivity contribution in [1.29, 1.82) is 0 Å². The average Bonchev–Trinajstić information content (AvgIpc) is 2.99.